The number of aliphatic imine (C=N–C) groups is 1. The Morgan fingerprint density at radius 2 is 1.93 bits per heavy atom. The number of guanidine groups is 1. The summed E-state index contributed by atoms with van der Waals surface area (Å²) in [5, 5.41) is 6.99. The molecular formula is C21H33IN6. The summed E-state index contributed by atoms with van der Waals surface area (Å²) in [7, 11) is 1.83. The molecule has 2 N–H and O–H groups in total. The highest BCUT2D eigenvalue weighted by Gasteiger charge is 2.21. The van der Waals surface area contributed by atoms with Crippen LogP contribution in [-0.2, 0) is 13.1 Å². The largest absolute Gasteiger partial charge is 0.354 e. The van der Waals surface area contributed by atoms with Crippen molar-refractivity contribution in [3.8, 4) is 0 Å². The molecule has 1 fully saturated rings. The molecule has 0 bridgehead atoms. The van der Waals surface area contributed by atoms with Crippen molar-refractivity contribution in [2.45, 2.75) is 51.9 Å². The Balaban J connectivity index is 0.00000280. The van der Waals surface area contributed by atoms with Gasteiger partial charge in [-0.15, -0.1) is 24.0 Å². The summed E-state index contributed by atoms with van der Waals surface area (Å²) in [6.07, 6.45) is 6.20. The van der Waals surface area contributed by atoms with Gasteiger partial charge in [0.05, 0.1) is 6.54 Å². The third kappa shape index (κ3) is 6.48. The van der Waals surface area contributed by atoms with Crippen molar-refractivity contribution in [3.63, 3.8) is 0 Å². The van der Waals surface area contributed by atoms with E-state index >= 15 is 0 Å². The van der Waals surface area contributed by atoms with Crippen LogP contribution in [-0.4, -0.2) is 52.6 Å². The smallest absolute Gasteiger partial charge is 0.191 e. The maximum atomic E-state index is 4.51. The van der Waals surface area contributed by atoms with Gasteiger partial charge in [0.25, 0.3) is 0 Å². The summed E-state index contributed by atoms with van der Waals surface area (Å²) in [5.74, 6) is 1.86. The van der Waals surface area contributed by atoms with Crippen LogP contribution in [0.5, 0.6) is 0 Å². The third-order valence-electron chi connectivity index (χ3n) is 5.24. The number of halogens is 1. The fourth-order valence-corrected chi connectivity index (χ4v) is 3.54. The molecule has 0 spiro atoms. The number of imidazole rings is 1. The molecule has 28 heavy (non-hydrogen) atoms. The Hall–Kier alpha value is -1.61. The lowest BCUT2D eigenvalue weighted by atomic mass is 10.0. The number of benzene rings is 1. The van der Waals surface area contributed by atoms with Gasteiger partial charge in [-0.3, -0.25) is 4.99 Å². The standard InChI is InChI=1S/C21H32N6.HI/c1-17(2)26-12-9-19(10-13-26)25-21(22-3)24-15-20-23-11-14-27(20)16-18-7-5-4-6-8-18;/h4-8,11,14,17,19H,9-10,12-13,15-16H2,1-3H3,(H2,22,24,25);1H. The van der Waals surface area contributed by atoms with Crippen LogP contribution in [0, 0.1) is 0 Å². The highest BCUT2D eigenvalue weighted by Crippen LogP contribution is 2.13. The van der Waals surface area contributed by atoms with Gasteiger partial charge in [-0.05, 0) is 32.3 Å². The number of likely N-dealkylation sites (tertiary alicyclic amines) is 1. The number of nitrogens with one attached hydrogen (secondary N) is 2. The van der Waals surface area contributed by atoms with Gasteiger partial charge in [-0.1, -0.05) is 30.3 Å². The molecule has 154 valence electrons. The Bertz CT molecular complexity index is 720. The van der Waals surface area contributed by atoms with Crippen LogP contribution >= 0.6 is 24.0 Å². The van der Waals surface area contributed by atoms with E-state index in [0.717, 1.165) is 44.3 Å². The number of nitrogens with zero attached hydrogens (tertiary/aromatic N) is 4. The summed E-state index contributed by atoms with van der Waals surface area (Å²) >= 11 is 0. The predicted octanol–water partition coefficient (Wildman–Crippen LogP) is 3.09. The van der Waals surface area contributed by atoms with Crippen LogP contribution < -0.4 is 10.6 Å². The first-order valence-electron chi connectivity index (χ1n) is 9.91. The van der Waals surface area contributed by atoms with E-state index in [4.69, 9.17) is 0 Å². The van der Waals surface area contributed by atoms with Crippen LogP contribution in [0.25, 0.3) is 0 Å². The van der Waals surface area contributed by atoms with Gasteiger partial charge >= 0.3 is 0 Å². The van der Waals surface area contributed by atoms with Gasteiger partial charge in [-0.25, -0.2) is 4.98 Å². The zero-order valence-electron chi connectivity index (χ0n) is 17.1. The Morgan fingerprint density at radius 3 is 2.57 bits per heavy atom. The third-order valence-corrected chi connectivity index (χ3v) is 5.24. The first-order chi connectivity index (χ1) is 13.2. The monoisotopic (exact) mass is 496 g/mol. The summed E-state index contributed by atoms with van der Waals surface area (Å²) in [4.78, 5) is 11.4. The Morgan fingerprint density at radius 1 is 1.21 bits per heavy atom. The van der Waals surface area contributed by atoms with Crippen molar-refractivity contribution < 1.29 is 0 Å². The van der Waals surface area contributed by atoms with Crippen molar-refractivity contribution in [1.29, 1.82) is 0 Å². The topological polar surface area (TPSA) is 57.5 Å². The summed E-state index contributed by atoms with van der Waals surface area (Å²) < 4.78 is 2.18. The lowest BCUT2D eigenvalue weighted by molar-refractivity contribution is 0.167. The Kier molecular flexibility index (Phi) is 9.24. The molecule has 1 aliphatic heterocycles. The maximum Gasteiger partial charge on any atom is 0.191 e. The molecule has 1 aromatic carbocycles. The second-order valence-corrected chi connectivity index (χ2v) is 7.43. The van der Waals surface area contributed by atoms with Crippen LogP contribution in [0.1, 0.15) is 38.1 Å². The zero-order chi connectivity index (χ0) is 19.1. The van der Waals surface area contributed by atoms with Crippen LogP contribution in [0.4, 0.5) is 0 Å². The van der Waals surface area contributed by atoms with Crippen LogP contribution in [0.15, 0.2) is 47.7 Å². The van der Waals surface area contributed by atoms with E-state index in [-0.39, 0.29) is 24.0 Å². The molecule has 2 aromatic rings. The zero-order valence-corrected chi connectivity index (χ0v) is 19.5. The maximum absolute atomic E-state index is 4.51. The van der Waals surface area contributed by atoms with Crippen molar-refractivity contribution in [2.24, 2.45) is 4.99 Å². The fraction of sp³-hybridized carbons (Fsp3) is 0.524. The van der Waals surface area contributed by atoms with Gasteiger partial charge in [-0.2, -0.15) is 0 Å². The highest BCUT2D eigenvalue weighted by molar-refractivity contribution is 14.0. The molecule has 2 heterocycles. The predicted molar refractivity (Wildman–Crippen MR) is 126 cm³/mol. The minimum atomic E-state index is 0. The first kappa shape index (κ1) is 22.7. The number of hydrogen-bond donors (Lipinski definition) is 2. The quantitative estimate of drug-likeness (QED) is 0.367. The first-order valence-corrected chi connectivity index (χ1v) is 9.91. The molecule has 6 nitrogen and oxygen atoms in total. The van der Waals surface area contributed by atoms with Crippen molar-refractivity contribution in [1.82, 2.24) is 25.1 Å². The van der Waals surface area contributed by atoms with Crippen molar-refractivity contribution >= 4 is 29.9 Å². The highest BCUT2D eigenvalue weighted by atomic mass is 127. The second-order valence-electron chi connectivity index (χ2n) is 7.43. The van der Waals surface area contributed by atoms with Crippen molar-refractivity contribution in [3.05, 3.63) is 54.1 Å². The molecule has 1 saturated heterocycles. The van der Waals surface area contributed by atoms with Gasteiger partial charge in [0.15, 0.2) is 5.96 Å². The van der Waals surface area contributed by atoms with E-state index in [9.17, 15) is 0 Å². The van der Waals surface area contributed by atoms with E-state index < -0.39 is 0 Å². The van der Waals surface area contributed by atoms with Gasteiger partial charge < -0.3 is 20.1 Å². The molecule has 3 rings (SSSR count). The van der Waals surface area contributed by atoms with Crippen molar-refractivity contribution in [2.75, 3.05) is 20.1 Å². The Labute approximate surface area is 185 Å². The fourth-order valence-electron chi connectivity index (χ4n) is 3.54. The van der Waals surface area contributed by atoms with Gasteiger partial charge in [0, 0.05) is 51.2 Å². The van der Waals surface area contributed by atoms with E-state index in [1.54, 1.807) is 0 Å². The average molecular weight is 496 g/mol. The normalized spacial score (nSPS) is 16.1. The minimum absolute atomic E-state index is 0. The van der Waals surface area contributed by atoms with Gasteiger partial charge in [0.1, 0.15) is 5.82 Å². The van der Waals surface area contributed by atoms with E-state index in [2.05, 4.69) is 68.2 Å². The molecule has 1 aliphatic rings. The van der Waals surface area contributed by atoms with Crippen LogP contribution in [0.3, 0.4) is 0 Å². The number of aromatic nitrogens is 2. The molecule has 0 radical (unpaired) electrons. The summed E-state index contributed by atoms with van der Waals surface area (Å²) in [6.45, 7) is 8.32. The number of piperidine rings is 1. The van der Waals surface area contributed by atoms with Gasteiger partial charge in [0.2, 0.25) is 0 Å². The molecule has 0 unspecified atom stereocenters. The molecule has 1 aromatic heterocycles. The SMILES string of the molecule is CN=C(NCc1nccn1Cc1ccccc1)NC1CCN(C(C)C)CC1.I. The van der Waals surface area contributed by atoms with E-state index in [0.29, 0.717) is 18.6 Å². The molecule has 0 atom stereocenters. The number of rotatable bonds is 6. The summed E-state index contributed by atoms with van der Waals surface area (Å²) in [6, 6.07) is 11.6. The molecule has 0 amide bonds. The molecule has 7 heteroatoms. The average Bonchev–Trinajstić information content (AvgIpc) is 3.13. The molecular weight excluding hydrogens is 463 g/mol. The lowest BCUT2D eigenvalue weighted by Gasteiger charge is -2.35. The molecule has 0 aliphatic carbocycles. The summed E-state index contributed by atoms with van der Waals surface area (Å²) in [5.41, 5.74) is 1.27. The molecule has 0 saturated carbocycles. The van der Waals surface area contributed by atoms with E-state index in [1.165, 1.54) is 5.56 Å². The minimum Gasteiger partial charge on any atom is -0.354 e. The second kappa shape index (κ2) is 11.4. The lowest BCUT2D eigenvalue weighted by Crippen LogP contribution is -2.49. The number of hydrogen-bond acceptors (Lipinski definition) is 3. The van der Waals surface area contributed by atoms with Crippen LogP contribution in [0.2, 0.25) is 0 Å². The van der Waals surface area contributed by atoms with E-state index in [1.807, 2.05) is 25.5 Å².